The zero-order chi connectivity index (χ0) is 10.7. The highest BCUT2D eigenvalue weighted by Crippen LogP contribution is 2.10. The molecule has 0 saturated carbocycles. The maximum absolute atomic E-state index is 5.70. The van der Waals surface area contributed by atoms with Crippen molar-refractivity contribution in [2.24, 2.45) is 0 Å². The van der Waals surface area contributed by atoms with E-state index in [1.165, 1.54) is 0 Å². The van der Waals surface area contributed by atoms with E-state index in [4.69, 9.17) is 11.6 Å². The van der Waals surface area contributed by atoms with Crippen LogP contribution in [0.5, 0.6) is 0 Å². The standard InChI is InChI=1S/C9H10ClN5/c1-15(6-8-2-3-13-14-8)9-11-4-7(10)5-12-9/h2-5H,6H2,1H3,(H,13,14). The van der Waals surface area contributed by atoms with Crippen LogP contribution in [-0.4, -0.2) is 27.2 Å². The molecule has 0 fully saturated rings. The largest absolute Gasteiger partial charge is 0.338 e. The summed E-state index contributed by atoms with van der Waals surface area (Å²) in [5.74, 6) is 0.633. The zero-order valence-corrected chi connectivity index (χ0v) is 8.94. The summed E-state index contributed by atoms with van der Waals surface area (Å²) in [6, 6.07) is 1.91. The molecule has 0 aromatic carbocycles. The summed E-state index contributed by atoms with van der Waals surface area (Å²) in [4.78, 5) is 10.1. The first-order valence-corrected chi connectivity index (χ1v) is 4.80. The number of hydrogen-bond donors (Lipinski definition) is 1. The first-order chi connectivity index (χ1) is 7.25. The molecule has 0 radical (unpaired) electrons. The number of nitrogens with one attached hydrogen (secondary N) is 1. The van der Waals surface area contributed by atoms with Gasteiger partial charge in [-0.2, -0.15) is 5.10 Å². The number of aromatic amines is 1. The van der Waals surface area contributed by atoms with Crippen LogP contribution in [0.3, 0.4) is 0 Å². The molecular weight excluding hydrogens is 214 g/mol. The van der Waals surface area contributed by atoms with Gasteiger partial charge in [0, 0.05) is 13.2 Å². The Labute approximate surface area is 92.1 Å². The fraction of sp³-hybridized carbons (Fsp3) is 0.222. The smallest absolute Gasteiger partial charge is 0.225 e. The number of anilines is 1. The van der Waals surface area contributed by atoms with Gasteiger partial charge in [0.25, 0.3) is 0 Å². The molecule has 2 heterocycles. The maximum atomic E-state index is 5.70. The van der Waals surface area contributed by atoms with Crippen molar-refractivity contribution in [3.05, 3.63) is 35.4 Å². The van der Waals surface area contributed by atoms with Crippen molar-refractivity contribution in [1.82, 2.24) is 20.2 Å². The topological polar surface area (TPSA) is 57.7 Å². The Bertz CT molecular complexity index is 411. The van der Waals surface area contributed by atoms with Crippen molar-refractivity contribution in [2.45, 2.75) is 6.54 Å². The fourth-order valence-electron chi connectivity index (χ4n) is 1.20. The van der Waals surface area contributed by atoms with Crippen molar-refractivity contribution >= 4 is 17.5 Å². The van der Waals surface area contributed by atoms with Gasteiger partial charge >= 0.3 is 0 Å². The van der Waals surface area contributed by atoms with Crippen molar-refractivity contribution in [1.29, 1.82) is 0 Å². The summed E-state index contributed by atoms with van der Waals surface area (Å²) in [5, 5.41) is 7.28. The van der Waals surface area contributed by atoms with Crippen LogP contribution in [0.4, 0.5) is 5.95 Å². The van der Waals surface area contributed by atoms with Crippen LogP contribution in [0.15, 0.2) is 24.7 Å². The highest BCUT2D eigenvalue weighted by molar-refractivity contribution is 6.30. The van der Waals surface area contributed by atoms with Crippen LogP contribution >= 0.6 is 11.6 Å². The lowest BCUT2D eigenvalue weighted by molar-refractivity contribution is 0.832. The van der Waals surface area contributed by atoms with Crippen LogP contribution in [-0.2, 0) is 6.54 Å². The summed E-state index contributed by atoms with van der Waals surface area (Å²) in [7, 11) is 1.91. The number of halogens is 1. The number of nitrogens with zero attached hydrogens (tertiary/aromatic N) is 4. The molecule has 78 valence electrons. The van der Waals surface area contributed by atoms with E-state index >= 15 is 0 Å². The van der Waals surface area contributed by atoms with Gasteiger partial charge in [-0.1, -0.05) is 11.6 Å². The Morgan fingerprint density at radius 3 is 2.73 bits per heavy atom. The van der Waals surface area contributed by atoms with E-state index in [2.05, 4.69) is 20.2 Å². The lowest BCUT2D eigenvalue weighted by Gasteiger charge is -2.15. The predicted octanol–water partition coefficient (Wildman–Crippen LogP) is 1.49. The summed E-state index contributed by atoms with van der Waals surface area (Å²) in [6.45, 7) is 0.682. The normalized spacial score (nSPS) is 10.3. The Morgan fingerprint density at radius 1 is 1.40 bits per heavy atom. The highest BCUT2D eigenvalue weighted by Gasteiger charge is 2.05. The molecule has 2 aromatic rings. The molecule has 0 atom stereocenters. The van der Waals surface area contributed by atoms with Crippen LogP contribution in [0.25, 0.3) is 0 Å². The second-order valence-electron chi connectivity index (χ2n) is 3.14. The SMILES string of the molecule is CN(Cc1ccn[nH]1)c1ncc(Cl)cn1. The third kappa shape index (κ3) is 2.44. The Kier molecular flexibility index (Phi) is 2.82. The van der Waals surface area contributed by atoms with Gasteiger partial charge in [0.2, 0.25) is 5.95 Å². The molecular formula is C9H10ClN5. The van der Waals surface area contributed by atoms with Gasteiger partial charge in [-0.15, -0.1) is 0 Å². The average molecular weight is 224 g/mol. The average Bonchev–Trinajstić information content (AvgIpc) is 2.71. The van der Waals surface area contributed by atoms with Crippen LogP contribution < -0.4 is 4.90 Å². The summed E-state index contributed by atoms with van der Waals surface area (Å²) in [5.41, 5.74) is 1.01. The highest BCUT2D eigenvalue weighted by atomic mass is 35.5. The fourth-order valence-corrected chi connectivity index (χ4v) is 1.30. The predicted molar refractivity (Wildman–Crippen MR) is 57.7 cm³/mol. The second-order valence-corrected chi connectivity index (χ2v) is 3.58. The van der Waals surface area contributed by atoms with Gasteiger partial charge < -0.3 is 4.90 Å². The molecule has 0 amide bonds. The van der Waals surface area contributed by atoms with Crippen molar-refractivity contribution in [3.63, 3.8) is 0 Å². The molecule has 0 bridgehead atoms. The van der Waals surface area contributed by atoms with E-state index < -0.39 is 0 Å². The number of rotatable bonds is 3. The van der Waals surface area contributed by atoms with Gasteiger partial charge in [-0.3, -0.25) is 5.10 Å². The Balaban J connectivity index is 2.08. The van der Waals surface area contributed by atoms with E-state index in [-0.39, 0.29) is 0 Å². The maximum Gasteiger partial charge on any atom is 0.225 e. The van der Waals surface area contributed by atoms with Gasteiger partial charge in [0.15, 0.2) is 0 Å². The van der Waals surface area contributed by atoms with Crippen molar-refractivity contribution < 1.29 is 0 Å². The first-order valence-electron chi connectivity index (χ1n) is 4.42. The van der Waals surface area contributed by atoms with Crippen molar-refractivity contribution in [2.75, 3.05) is 11.9 Å². The Hall–Kier alpha value is -1.62. The first kappa shape index (κ1) is 9.92. The van der Waals surface area contributed by atoms with Crippen molar-refractivity contribution in [3.8, 4) is 0 Å². The number of aromatic nitrogens is 4. The van der Waals surface area contributed by atoms with Crippen LogP contribution in [0, 0.1) is 0 Å². The molecule has 0 aliphatic rings. The minimum Gasteiger partial charge on any atom is -0.338 e. The number of hydrogen-bond acceptors (Lipinski definition) is 4. The third-order valence-corrected chi connectivity index (χ3v) is 2.11. The van der Waals surface area contributed by atoms with E-state index in [1.807, 2.05) is 18.0 Å². The molecule has 2 aromatic heterocycles. The van der Waals surface area contributed by atoms with Gasteiger partial charge in [-0.25, -0.2) is 9.97 Å². The van der Waals surface area contributed by atoms with E-state index in [9.17, 15) is 0 Å². The molecule has 0 saturated heterocycles. The van der Waals surface area contributed by atoms with E-state index in [1.54, 1.807) is 18.6 Å². The Morgan fingerprint density at radius 2 is 2.13 bits per heavy atom. The monoisotopic (exact) mass is 223 g/mol. The second kappa shape index (κ2) is 4.27. The molecule has 2 rings (SSSR count). The summed E-state index contributed by atoms with van der Waals surface area (Å²) < 4.78 is 0. The van der Waals surface area contributed by atoms with Gasteiger partial charge in [0.05, 0.1) is 29.7 Å². The molecule has 1 N–H and O–H groups in total. The lowest BCUT2D eigenvalue weighted by Crippen LogP contribution is -2.19. The zero-order valence-electron chi connectivity index (χ0n) is 8.18. The molecule has 15 heavy (non-hydrogen) atoms. The molecule has 5 nitrogen and oxygen atoms in total. The van der Waals surface area contributed by atoms with Gasteiger partial charge in [-0.05, 0) is 6.07 Å². The molecule has 0 spiro atoms. The summed E-state index contributed by atoms with van der Waals surface area (Å²) >= 11 is 5.70. The molecule has 0 aliphatic carbocycles. The number of H-pyrrole nitrogens is 1. The molecule has 6 heteroatoms. The minimum absolute atomic E-state index is 0.536. The minimum atomic E-state index is 0.536. The van der Waals surface area contributed by atoms with Crippen LogP contribution in [0.2, 0.25) is 5.02 Å². The lowest BCUT2D eigenvalue weighted by atomic mass is 10.4. The quantitative estimate of drug-likeness (QED) is 0.857. The van der Waals surface area contributed by atoms with Gasteiger partial charge in [0.1, 0.15) is 0 Å². The third-order valence-electron chi connectivity index (χ3n) is 1.91. The van der Waals surface area contributed by atoms with E-state index in [0.29, 0.717) is 17.5 Å². The summed E-state index contributed by atoms with van der Waals surface area (Å²) in [6.07, 6.45) is 4.87. The molecule has 0 aliphatic heterocycles. The van der Waals surface area contributed by atoms with E-state index in [0.717, 1.165) is 5.69 Å². The molecule has 0 unspecified atom stereocenters. The van der Waals surface area contributed by atoms with Crippen LogP contribution in [0.1, 0.15) is 5.69 Å².